The molecule has 1 heterocycles. The van der Waals surface area contributed by atoms with Crippen LogP contribution in [-0.2, 0) is 25.3 Å². The minimum atomic E-state index is -4.66. The van der Waals surface area contributed by atoms with Crippen molar-refractivity contribution in [3.63, 3.8) is 0 Å². The maximum absolute atomic E-state index is 13.2. The van der Waals surface area contributed by atoms with E-state index in [0.717, 1.165) is 36.6 Å². The van der Waals surface area contributed by atoms with Crippen LogP contribution in [0.25, 0.3) is 0 Å². The number of allylic oxidation sites excluding steroid dienone is 1. The Morgan fingerprint density at radius 1 is 1.17 bits per heavy atom. The van der Waals surface area contributed by atoms with Crippen molar-refractivity contribution >= 4 is 35.2 Å². The first-order valence-corrected chi connectivity index (χ1v) is 11.2. The molecule has 2 aromatic carbocycles. The van der Waals surface area contributed by atoms with E-state index in [1.807, 2.05) is 13.0 Å². The number of benzene rings is 2. The standard InChI is InChI=1S/C24H20F3N3O4S/c1-13-7-9-14(10-8-13)19-15(11-28)22(30-21(32)20(19)23(33)34-2)35-12-18(31)29-17-6-4-3-5-16(17)24(25,26)27/h3-10,19-20H,12H2,1-2H3,(H,29,31)(H,30,32)/t19-,20-/m0/s1. The molecule has 11 heteroatoms. The van der Waals surface area contributed by atoms with E-state index in [-0.39, 0.29) is 10.6 Å². The molecular formula is C24H20F3N3O4S. The summed E-state index contributed by atoms with van der Waals surface area (Å²) in [6.07, 6.45) is -4.66. The molecule has 2 N–H and O–H groups in total. The summed E-state index contributed by atoms with van der Waals surface area (Å²) in [5.74, 6) is -4.99. The van der Waals surface area contributed by atoms with Crippen LogP contribution in [0.2, 0.25) is 0 Å². The van der Waals surface area contributed by atoms with Crippen LogP contribution in [0.1, 0.15) is 22.6 Å². The second-order valence-corrected chi connectivity index (χ2v) is 8.60. The fourth-order valence-electron chi connectivity index (χ4n) is 3.62. The maximum Gasteiger partial charge on any atom is 0.418 e. The average Bonchev–Trinajstić information content (AvgIpc) is 2.82. The normalized spacial score (nSPS) is 17.9. The molecule has 2 aromatic rings. The zero-order valence-corrected chi connectivity index (χ0v) is 19.4. The highest BCUT2D eigenvalue weighted by Gasteiger charge is 2.44. The molecule has 0 aromatic heterocycles. The highest BCUT2D eigenvalue weighted by molar-refractivity contribution is 8.03. The van der Waals surface area contributed by atoms with Crippen LogP contribution in [0, 0.1) is 24.2 Å². The van der Waals surface area contributed by atoms with Crippen molar-refractivity contribution in [1.82, 2.24) is 5.32 Å². The smallest absolute Gasteiger partial charge is 0.418 e. The van der Waals surface area contributed by atoms with Crippen molar-refractivity contribution in [1.29, 1.82) is 5.26 Å². The second kappa shape index (κ2) is 10.7. The molecule has 0 spiro atoms. The van der Waals surface area contributed by atoms with Crippen molar-refractivity contribution in [2.75, 3.05) is 18.2 Å². The molecular weight excluding hydrogens is 483 g/mol. The Kier molecular flexibility index (Phi) is 7.86. The Morgan fingerprint density at radius 2 is 1.83 bits per heavy atom. The van der Waals surface area contributed by atoms with Crippen molar-refractivity contribution in [3.05, 3.63) is 75.8 Å². The molecule has 0 radical (unpaired) electrons. The van der Waals surface area contributed by atoms with E-state index >= 15 is 0 Å². The minimum absolute atomic E-state index is 0.0392. The number of hydrogen-bond donors (Lipinski definition) is 2. The van der Waals surface area contributed by atoms with Crippen LogP contribution in [0.5, 0.6) is 0 Å². The number of methoxy groups -OCH3 is 1. The van der Waals surface area contributed by atoms with Crippen molar-refractivity contribution in [2.45, 2.75) is 19.0 Å². The van der Waals surface area contributed by atoms with Gasteiger partial charge in [0.15, 0.2) is 0 Å². The first kappa shape index (κ1) is 25.8. The van der Waals surface area contributed by atoms with Gasteiger partial charge >= 0.3 is 12.1 Å². The second-order valence-electron chi connectivity index (χ2n) is 7.61. The fourth-order valence-corrected chi connectivity index (χ4v) is 4.47. The highest BCUT2D eigenvalue weighted by Crippen LogP contribution is 2.40. The van der Waals surface area contributed by atoms with Crippen LogP contribution >= 0.6 is 11.8 Å². The maximum atomic E-state index is 13.2. The van der Waals surface area contributed by atoms with Gasteiger partial charge in [0.05, 0.1) is 40.8 Å². The zero-order valence-electron chi connectivity index (χ0n) is 18.6. The number of thioether (sulfide) groups is 1. The lowest BCUT2D eigenvalue weighted by Gasteiger charge is -2.31. The van der Waals surface area contributed by atoms with Gasteiger partial charge in [-0.1, -0.05) is 53.7 Å². The number of esters is 1. The monoisotopic (exact) mass is 503 g/mol. The molecule has 3 rings (SSSR count). The van der Waals surface area contributed by atoms with E-state index < -0.39 is 52.8 Å². The first-order chi connectivity index (χ1) is 16.6. The van der Waals surface area contributed by atoms with E-state index in [9.17, 15) is 32.8 Å². The summed E-state index contributed by atoms with van der Waals surface area (Å²) in [6, 6.07) is 13.5. The summed E-state index contributed by atoms with van der Waals surface area (Å²) in [6.45, 7) is 1.85. The number of anilines is 1. The van der Waals surface area contributed by atoms with Crippen molar-refractivity contribution in [2.24, 2.45) is 5.92 Å². The number of rotatable bonds is 6. The van der Waals surface area contributed by atoms with E-state index in [1.54, 1.807) is 24.3 Å². The van der Waals surface area contributed by atoms with E-state index in [2.05, 4.69) is 10.6 Å². The minimum Gasteiger partial charge on any atom is -0.468 e. The quantitative estimate of drug-likeness (QED) is 0.454. The van der Waals surface area contributed by atoms with Gasteiger partial charge in [0.2, 0.25) is 11.8 Å². The molecule has 1 aliphatic heterocycles. The van der Waals surface area contributed by atoms with Gasteiger partial charge in [-0.3, -0.25) is 14.4 Å². The number of nitrogens with zero attached hydrogens (tertiary/aromatic N) is 1. The number of alkyl halides is 3. The van der Waals surface area contributed by atoms with Gasteiger partial charge in [0, 0.05) is 5.92 Å². The van der Waals surface area contributed by atoms with Crippen LogP contribution in [0.3, 0.4) is 0 Å². The lowest BCUT2D eigenvalue weighted by molar-refractivity contribution is -0.150. The average molecular weight is 504 g/mol. The Balaban J connectivity index is 1.89. The number of para-hydroxylation sites is 1. The molecule has 2 atom stereocenters. The molecule has 1 aliphatic rings. The van der Waals surface area contributed by atoms with Gasteiger partial charge in [-0.25, -0.2) is 0 Å². The number of ether oxygens (including phenoxy) is 1. The number of carbonyl (C=O) groups excluding carboxylic acids is 3. The number of nitrogens with one attached hydrogen (secondary N) is 2. The molecule has 0 bridgehead atoms. The van der Waals surface area contributed by atoms with Crippen LogP contribution in [0.4, 0.5) is 18.9 Å². The van der Waals surface area contributed by atoms with Gasteiger partial charge in [-0.15, -0.1) is 0 Å². The molecule has 35 heavy (non-hydrogen) atoms. The summed E-state index contributed by atoms with van der Waals surface area (Å²) in [7, 11) is 1.13. The zero-order chi connectivity index (χ0) is 25.8. The summed E-state index contributed by atoms with van der Waals surface area (Å²) >= 11 is 0.777. The van der Waals surface area contributed by atoms with Gasteiger partial charge in [0.25, 0.3) is 0 Å². The van der Waals surface area contributed by atoms with Gasteiger partial charge in [0.1, 0.15) is 5.92 Å². The predicted octanol–water partition coefficient (Wildman–Crippen LogP) is 4.12. The lowest BCUT2D eigenvalue weighted by Crippen LogP contribution is -2.44. The summed E-state index contributed by atoms with van der Waals surface area (Å²) in [5.41, 5.74) is 0.0885. The Labute approximate surface area is 203 Å². The molecule has 0 saturated heterocycles. The molecule has 7 nitrogen and oxygen atoms in total. The predicted molar refractivity (Wildman–Crippen MR) is 123 cm³/mol. The van der Waals surface area contributed by atoms with Crippen LogP contribution < -0.4 is 10.6 Å². The summed E-state index contributed by atoms with van der Waals surface area (Å²) in [4.78, 5) is 37.6. The number of aryl methyl sites for hydroxylation is 1. The van der Waals surface area contributed by atoms with Crippen LogP contribution in [-0.4, -0.2) is 30.6 Å². The SMILES string of the molecule is COC(=O)[C@@H]1C(=O)NC(SCC(=O)Nc2ccccc2C(F)(F)F)=C(C#N)[C@@H]1c1ccc(C)cc1. The van der Waals surface area contributed by atoms with Crippen molar-refractivity contribution < 1.29 is 32.3 Å². The molecule has 2 amide bonds. The first-order valence-electron chi connectivity index (χ1n) is 10.2. The molecule has 0 aliphatic carbocycles. The van der Waals surface area contributed by atoms with Gasteiger partial charge < -0.3 is 15.4 Å². The van der Waals surface area contributed by atoms with E-state index in [4.69, 9.17) is 4.74 Å². The molecule has 182 valence electrons. The molecule has 0 fully saturated rings. The number of carbonyl (C=O) groups is 3. The Bertz CT molecular complexity index is 1220. The van der Waals surface area contributed by atoms with E-state index in [0.29, 0.717) is 5.56 Å². The van der Waals surface area contributed by atoms with E-state index in [1.165, 1.54) is 12.1 Å². The summed E-state index contributed by atoms with van der Waals surface area (Å²) < 4.78 is 44.3. The molecule has 0 unspecified atom stereocenters. The topological polar surface area (TPSA) is 108 Å². The number of amides is 2. The van der Waals surface area contributed by atoms with Crippen LogP contribution in [0.15, 0.2) is 59.1 Å². The number of halogens is 3. The number of nitriles is 1. The lowest BCUT2D eigenvalue weighted by atomic mass is 9.78. The fraction of sp³-hybridized carbons (Fsp3) is 0.250. The van der Waals surface area contributed by atoms with Gasteiger partial charge in [-0.2, -0.15) is 18.4 Å². The summed E-state index contributed by atoms with van der Waals surface area (Å²) in [5, 5.41) is 14.6. The third-order valence-corrected chi connectivity index (χ3v) is 6.29. The molecule has 0 saturated carbocycles. The van der Waals surface area contributed by atoms with Crippen molar-refractivity contribution in [3.8, 4) is 6.07 Å². The third kappa shape index (κ3) is 5.84. The number of hydrogen-bond acceptors (Lipinski definition) is 6. The Morgan fingerprint density at radius 3 is 2.43 bits per heavy atom. The highest BCUT2D eigenvalue weighted by atomic mass is 32.2. The van der Waals surface area contributed by atoms with Gasteiger partial charge in [-0.05, 0) is 24.6 Å². The third-order valence-electron chi connectivity index (χ3n) is 5.27. The Hall–Kier alpha value is -3.78. The largest absolute Gasteiger partial charge is 0.468 e.